The predicted octanol–water partition coefficient (Wildman–Crippen LogP) is 3.56. The second-order valence-corrected chi connectivity index (χ2v) is 5.14. The summed E-state index contributed by atoms with van der Waals surface area (Å²) in [6.45, 7) is 1.08. The molecule has 1 aromatic heterocycles. The average molecular weight is 286 g/mol. The highest BCUT2D eigenvalue weighted by molar-refractivity contribution is 5.88. The number of benzene rings is 1. The minimum absolute atomic E-state index is 0.0438. The lowest BCUT2D eigenvalue weighted by Gasteiger charge is -2.21. The van der Waals surface area contributed by atoms with Crippen molar-refractivity contribution in [3.63, 3.8) is 0 Å². The third-order valence-electron chi connectivity index (χ3n) is 3.51. The summed E-state index contributed by atoms with van der Waals surface area (Å²) in [5.74, 6) is 0.270. The highest BCUT2D eigenvalue weighted by Crippen LogP contribution is 2.19. The second kappa shape index (κ2) is 6.59. The van der Waals surface area contributed by atoms with Crippen LogP contribution in [0.25, 0.3) is 17.0 Å². The molecule has 1 aliphatic heterocycles. The van der Waals surface area contributed by atoms with Gasteiger partial charge in [0.05, 0.1) is 6.10 Å². The van der Waals surface area contributed by atoms with Gasteiger partial charge in [-0.1, -0.05) is 18.2 Å². The second-order valence-electron chi connectivity index (χ2n) is 5.14. The van der Waals surface area contributed by atoms with Crippen LogP contribution < -0.4 is 0 Å². The standard InChI is InChI=1S/C17H18O4/c18-17(20-12-15-6-3-4-10-19-15)9-8-14-11-13-5-1-2-7-16(13)21-14/h1-2,5,7-9,11,15H,3-4,6,10,12H2/b9-8+. The van der Waals surface area contributed by atoms with E-state index in [2.05, 4.69) is 0 Å². The average Bonchev–Trinajstić information content (AvgIpc) is 2.95. The van der Waals surface area contributed by atoms with E-state index in [9.17, 15) is 4.79 Å². The Hall–Kier alpha value is -2.07. The minimum Gasteiger partial charge on any atom is -0.460 e. The Morgan fingerprint density at radius 2 is 2.24 bits per heavy atom. The van der Waals surface area contributed by atoms with Crippen LogP contribution in [0.5, 0.6) is 0 Å². The van der Waals surface area contributed by atoms with Gasteiger partial charge in [0.15, 0.2) is 0 Å². The van der Waals surface area contributed by atoms with Crippen LogP contribution in [0.1, 0.15) is 25.0 Å². The molecule has 0 spiro atoms. The summed E-state index contributed by atoms with van der Waals surface area (Å²) in [5, 5.41) is 1.01. The van der Waals surface area contributed by atoms with E-state index in [0.29, 0.717) is 12.4 Å². The van der Waals surface area contributed by atoms with Gasteiger partial charge in [-0.25, -0.2) is 4.79 Å². The third kappa shape index (κ3) is 3.73. The number of hydrogen-bond acceptors (Lipinski definition) is 4. The van der Waals surface area contributed by atoms with Crippen molar-refractivity contribution in [2.75, 3.05) is 13.2 Å². The first-order chi connectivity index (χ1) is 10.3. The zero-order chi connectivity index (χ0) is 14.5. The van der Waals surface area contributed by atoms with Gasteiger partial charge < -0.3 is 13.9 Å². The van der Waals surface area contributed by atoms with Crippen LogP contribution in [0.2, 0.25) is 0 Å². The zero-order valence-corrected chi connectivity index (χ0v) is 11.8. The maximum absolute atomic E-state index is 11.7. The van der Waals surface area contributed by atoms with Crippen LogP contribution in [0, 0.1) is 0 Å². The SMILES string of the molecule is O=C(/C=C/c1cc2ccccc2o1)OCC1CCCCO1. The fourth-order valence-electron chi connectivity index (χ4n) is 2.40. The molecule has 4 heteroatoms. The van der Waals surface area contributed by atoms with E-state index >= 15 is 0 Å². The molecule has 1 saturated heterocycles. The molecular formula is C17H18O4. The quantitative estimate of drug-likeness (QED) is 0.637. The molecule has 0 aliphatic carbocycles. The molecule has 0 N–H and O–H groups in total. The van der Waals surface area contributed by atoms with Crippen LogP contribution in [0.15, 0.2) is 40.8 Å². The third-order valence-corrected chi connectivity index (χ3v) is 3.51. The van der Waals surface area contributed by atoms with Gasteiger partial charge in [0.25, 0.3) is 0 Å². The molecular weight excluding hydrogens is 268 g/mol. The summed E-state index contributed by atoms with van der Waals surface area (Å²) < 4.78 is 16.3. The zero-order valence-electron chi connectivity index (χ0n) is 11.8. The van der Waals surface area contributed by atoms with Crippen molar-refractivity contribution in [1.29, 1.82) is 0 Å². The number of carbonyl (C=O) groups is 1. The number of carbonyl (C=O) groups excluding carboxylic acids is 1. The van der Waals surface area contributed by atoms with E-state index in [4.69, 9.17) is 13.9 Å². The van der Waals surface area contributed by atoms with Gasteiger partial charge in [-0.05, 0) is 37.5 Å². The molecule has 0 saturated carbocycles. The topological polar surface area (TPSA) is 48.7 Å². The van der Waals surface area contributed by atoms with Gasteiger partial charge in [0.2, 0.25) is 0 Å². The summed E-state index contributed by atoms with van der Waals surface area (Å²) in [4.78, 5) is 11.7. The summed E-state index contributed by atoms with van der Waals surface area (Å²) in [5.41, 5.74) is 0.807. The lowest BCUT2D eigenvalue weighted by Crippen LogP contribution is -2.25. The predicted molar refractivity (Wildman–Crippen MR) is 79.8 cm³/mol. The fraction of sp³-hybridized carbons (Fsp3) is 0.353. The molecule has 0 radical (unpaired) electrons. The lowest BCUT2D eigenvalue weighted by atomic mass is 10.1. The van der Waals surface area contributed by atoms with E-state index < -0.39 is 0 Å². The van der Waals surface area contributed by atoms with E-state index in [0.717, 1.165) is 36.8 Å². The molecule has 0 amide bonds. The Labute approximate surface area is 123 Å². The number of furan rings is 1. The summed E-state index contributed by atoms with van der Waals surface area (Å²) in [7, 11) is 0. The van der Waals surface area contributed by atoms with Crippen molar-refractivity contribution in [3.8, 4) is 0 Å². The molecule has 1 atom stereocenters. The first-order valence-electron chi connectivity index (χ1n) is 7.26. The van der Waals surface area contributed by atoms with Crippen molar-refractivity contribution in [3.05, 3.63) is 42.2 Å². The van der Waals surface area contributed by atoms with Gasteiger partial charge in [0.1, 0.15) is 18.0 Å². The van der Waals surface area contributed by atoms with Gasteiger partial charge in [-0.3, -0.25) is 0 Å². The van der Waals surface area contributed by atoms with Gasteiger partial charge in [0, 0.05) is 18.1 Å². The first-order valence-corrected chi connectivity index (χ1v) is 7.26. The highest BCUT2D eigenvalue weighted by atomic mass is 16.6. The van der Waals surface area contributed by atoms with Crippen LogP contribution in [-0.2, 0) is 14.3 Å². The Bertz CT molecular complexity index is 602. The van der Waals surface area contributed by atoms with Crippen LogP contribution in [0.3, 0.4) is 0 Å². The molecule has 1 aliphatic rings. The summed E-state index contributed by atoms with van der Waals surface area (Å²) in [6.07, 6.45) is 6.25. The normalized spacial score (nSPS) is 19.1. The van der Waals surface area contributed by atoms with Crippen LogP contribution >= 0.6 is 0 Å². The summed E-state index contributed by atoms with van der Waals surface area (Å²) in [6, 6.07) is 9.62. The van der Waals surface area contributed by atoms with Crippen molar-refractivity contribution >= 4 is 23.0 Å². The fourth-order valence-corrected chi connectivity index (χ4v) is 2.40. The van der Waals surface area contributed by atoms with Crippen molar-refractivity contribution in [2.24, 2.45) is 0 Å². The molecule has 2 heterocycles. The number of para-hydroxylation sites is 1. The molecule has 2 aromatic rings. The number of hydrogen-bond donors (Lipinski definition) is 0. The number of rotatable bonds is 4. The van der Waals surface area contributed by atoms with Gasteiger partial charge in [-0.15, -0.1) is 0 Å². The minimum atomic E-state index is -0.371. The molecule has 1 fully saturated rings. The number of esters is 1. The maximum Gasteiger partial charge on any atom is 0.330 e. The molecule has 0 bridgehead atoms. The van der Waals surface area contributed by atoms with Crippen molar-refractivity contribution < 1.29 is 18.7 Å². The Morgan fingerprint density at radius 3 is 3.05 bits per heavy atom. The molecule has 110 valence electrons. The molecule has 1 unspecified atom stereocenters. The van der Waals surface area contributed by atoms with E-state index in [1.165, 1.54) is 6.08 Å². The molecule has 3 rings (SSSR count). The smallest absolute Gasteiger partial charge is 0.330 e. The molecule has 21 heavy (non-hydrogen) atoms. The lowest BCUT2D eigenvalue weighted by molar-refractivity contribution is -0.143. The number of ether oxygens (including phenoxy) is 2. The Balaban J connectivity index is 1.53. The van der Waals surface area contributed by atoms with Crippen molar-refractivity contribution in [2.45, 2.75) is 25.4 Å². The summed E-state index contributed by atoms with van der Waals surface area (Å²) >= 11 is 0. The monoisotopic (exact) mass is 286 g/mol. The van der Waals surface area contributed by atoms with Gasteiger partial charge >= 0.3 is 5.97 Å². The highest BCUT2D eigenvalue weighted by Gasteiger charge is 2.15. The van der Waals surface area contributed by atoms with Crippen LogP contribution in [-0.4, -0.2) is 25.3 Å². The first kappa shape index (κ1) is 13.9. The van der Waals surface area contributed by atoms with E-state index in [1.54, 1.807) is 6.08 Å². The Kier molecular flexibility index (Phi) is 4.36. The van der Waals surface area contributed by atoms with Gasteiger partial charge in [-0.2, -0.15) is 0 Å². The largest absolute Gasteiger partial charge is 0.460 e. The number of fused-ring (bicyclic) bond motifs is 1. The molecule has 1 aromatic carbocycles. The maximum atomic E-state index is 11.7. The van der Waals surface area contributed by atoms with Crippen molar-refractivity contribution in [1.82, 2.24) is 0 Å². The van der Waals surface area contributed by atoms with E-state index in [-0.39, 0.29) is 12.1 Å². The Morgan fingerprint density at radius 1 is 1.33 bits per heavy atom. The van der Waals surface area contributed by atoms with E-state index in [1.807, 2.05) is 30.3 Å². The van der Waals surface area contributed by atoms with Crippen LogP contribution in [0.4, 0.5) is 0 Å². The molecule has 4 nitrogen and oxygen atoms in total.